The summed E-state index contributed by atoms with van der Waals surface area (Å²) < 4.78 is 0. The molecule has 0 fully saturated rings. The van der Waals surface area contributed by atoms with Gasteiger partial charge < -0.3 is 20.8 Å². The molecule has 0 saturated heterocycles. The largest absolute Gasteiger partial charge is 0.504 e. The van der Waals surface area contributed by atoms with E-state index in [0.717, 1.165) is 0 Å². The molecule has 0 radical (unpaired) electrons. The molecule has 1 rings (SSSR count). The Morgan fingerprint density at radius 1 is 1.38 bits per heavy atom. The summed E-state index contributed by atoms with van der Waals surface area (Å²) in [7, 11) is 1.49. The van der Waals surface area contributed by atoms with Crippen LogP contribution in [-0.4, -0.2) is 29.2 Å². The molecule has 1 aromatic carbocycles. The van der Waals surface area contributed by atoms with Crippen LogP contribution in [0.15, 0.2) is 18.2 Å². The highest BCUT2D eigenvalue weighted by Gasteiger charge is 2.13. The first-order valence-electron chi connectivity index (χ1n) is 4.37. The van der Waals surface area contributed by atoms with E-state index in [2.05, 4.69) is 5.32 Å². The fourth-order valence-electron chi connectivity index (χ4n) is 1.12. The summed E-state index contributed by atoms with van der Waals surface area (Å²) in [4.78, 5) is 1.25. The van der Waals surface area contributed by atoms with Crippen LogP contribution in [0.2, 0.25) is 0 Å². The molecular weight excluding hydrogens is 210 g/mol. The van der Waals surface area contributed by atoms with Crippen molar-refractivity contribution in [3.05, 3.63) is 18.2 Å². The van der Waals surface area contributed by atoms with Gasteiger partial charge in [0.25, 0.3) is 0 Å². The summed E-state index contributed by atoms with van der Waals surface area (Å²) in [6.45, 7) is 0. The quantitative estimate of drug-likeness (QED) is 0.226. The number of benzene rings is 1. The number of para-hydroxylation sites is 1. The lowest BCUT2D eigenvalue weighted by molar-refractivity contribution is 0.404. The third kappa shape index (κ3) is 2.32. The highest BCUT2D eigenvalue weighted by atomic mass is 16.3. The van der Waals surface area contributed by atoms with Crippen LogP contribution < -0.4 is 16.0 Å². The fraction of sp³-hybridized carbons (Fsp3) is 0.111. The number of hydrogen-bond acceptors (Lipinski definition) is 4. The Kier molecular flexibility index (Phi) is 3.19. The second-order valence-corrected chi connectivity index (χ2v) is 3.09. The third-order valence-electron chi connectivity index (χ3n) is 1.94. The second kappa shape index (κ2) is 4.39. The number of nitrogens with zero attached hydrogens (tertiary/aromatic N) is 1. The summed E-state index contributed by atoms with van der Waals surface area (Å²) in [5.74, 6) is -1.18. The van der Waals surface area contributed by atoms with Gasteiger partial charge in [-0.15, -0.1) is 0 Å². The molecule has 16 heavy (non-hydrogen) atoms. The molecule has 1 aromatic rings. The van der Waals surface area contributed by atoms with Crippen LogP contribution in [0.4, 0.5) is 5.69 Å². The van der Waals surface area contributed by atoms with Crippen LogP contribution in [0.5, 0.6) is 11.5 Å². The molecule has 0 unspecified atom stereocenters. The van der Waals surface area contributed by atoms with Crippen molar-refractivity contribution in [2.75, 3.05) is 11.9 Å². The number of guanidine groups is 2. The Hall–Kier alpha value is -2.44. The van der Waals surface area contributed by atoms with Gasteiger partial charge in [0.05, 0.1) is 5.69 Å². The van der Waals surface area contributed by atoms with Crippen LogP contribution in [0.3, 0.4) is 0 Å². The van der Waals surface area contributed by atoms with E-state index < -0.39 is 0 Å². The van der Waals surface area contributed by atoms with Gasteiger partial charge in [0.2, 0.25) is 5.96 Å². The molecule has 0 aromatic heterocycles. The Morgan fingerprint density at radius 3 is 2.56 bits per heavy atom. The van der Waals surface area contributed by atoms with E-state index in [0.29, 0.717) is 0 Å². The monoisotopic (exact) mass is 223 g/mol. The highest BCUT2D eigenvalue weighted by molar-refractivity contribution is 6.04. The first kappa shape index (κ1) is 11.6. The van der Waals surface area contributed by atoms with Crippen molar-refractivity contribution in [3.63, 3.8) is 0 Å². The number of hydrogen-bond donors (Lipinski definition) is 6. The summed E-state index contributed by atoms with van der Waals surface area (Å²) >= 11 is 0. The first-order chi connectivity index (χ1) is 7.43. The molecule has 0 heterocycles. The molecular formula is C9H13N5O2. The maximum Gasteiger partial charge on any atom is 0.202 e. The Bertz CT molecular complexity index is 432. The number of phenols is 2. The van der Waals surface area contributed by atoms with E-state index in [1.54, 1.807) is 0 Å². The van der Waals surface area contributed by atoms with Gasteiger partial charge in [-0.1, -0.05) is 6.07 Å². The molecule has 7 N–H and O–H groups in total. The van der Waals surface area contributed by atoms with Crippen LogP contribution in [0.1, 0.15) is 0 Å². The summed E-state index contributed by atoms with van der Waals surface area (Å²) in [5.41, 5.74) is 5.30. The molecule has 0 amide bonds. The molecule has 0 aliphatic carbocycles. The van der Waals surface area contributed by atoms with Crippen molar-refractivity contribution in [2.24, 2.45) is 5.73 Å². The Morgan fingerprint density at radius 2 is 2.00 bits per heavy atom. The SMILES string of the molecule is CN(C(=N)NC(=N)N)c1cccc(O)c1O. The van der Waals surface area contributed by atoms with Crippen molar-refractivity contribution in [3.8, 4) is 11.5 Å². The minimum absolute atomic E-state index is 0.187. The standard InChI is InChI=1S/C9H13N5O2/c1-14(9(12)13-8(10)11)5-3-2-4-6(15)7(5)16/h2-4,15-16H,1H3,(H5,10,11,12,13). The van der Waals surface area contributed by atoms with E-state index in [-0.39, 0.29) is 29.1 Å². The number of phenolic OH excluding ortho intramolecular Hbond substituents is 2. The van der Waals surface area contributed by atoms with Gasteiger partial charge in [-0.05, 0) is 12.1 Å². The topological polar surface area (TPSA) is 129 Å². The van der Waals surface area contributed by atoms with Gasteiger partial charge in [0.1, 0.15) is 0 Å². The van der Waals surface area contributed by atoms with E-state index in [1.807, 2.05) is 0 Å². The van der Waals surface area contributed by atoms with Crippen LogP contribution in [0, 0.1) is 10.8 Å². The number of anilines is 1. The molecule has 7 nitrogen and oxygen atoms in total. The predicted molar refractivity (Wildman–Crippen MR) is 61.0 cm³/mol. The van der Waals surface area contributed by atoms with Crippen molar-refractivity contribution in [2.45, 2.75) is 0 Å². The van der Waals surface area contributed by atoms with Gasteiger partial charge >= 0.3 is 0 Å². The summed E-state index contributed by atoms with van der Waals surface area (Å²) in [6.07, 6.45) is 0. The normalized spacial score (nSPS) is 9.56. The molecule has 0 bridgehead atoms. The third-order valence-corrected chi connectivity index (χ3v) is 1.94. The second-order valence-electron chi connectivity index (χ2n) is 3.09. The molecule has 0 spiro atoms. The fourth-order valence-corrected chi connectivity index (χ4v) is 1.12. The number of aromatic hydroxyl groups is 2. The Balaban J connectivity index is 2.96. The van der Waals surface area contributed by atoms with Crippen molar-refractivity contribution >= 4 is 17.6 Å². The summed E-state index contributed by atoms with van der Waals surface area (Å²) in [5, 5.41) is 35.6. The van der Waals surface area contributed by atoms with Gasteiger partial charge in [-0.25, -0.2) is 0 Å². The zero-order valence-corrected chi connectivity index (χ0v) is 8.65. The van der Waals surface area contributed by atoms with E-state index >= 15 is 0 Å². The predicted octanol–water partition coefficient (Wildman–Crippen LogP) is -0.0482. The van der Waals surface area contributed by atoms with E-state index in [4.69, 9.17) is 16.6 Å². The molecule has 7 heteroatoms. The Labute approximate surface area is 92.1 Å². The lowest BCUT2D eigenvalue weighted by atomic mass is 10.2. The van der Waals surface area contributed by atoms with E-state index in [1.165, 1.54) is 30.1 Å². The van der Waals surface area contributed by atoms with Crippen LogP contribution in [-0.2, 0) is 0 Å². The first-order valence-corrected chi connectivity index (χ1v) is 4.37. The zero-order chi connectivity index (χ0) is 12.3. The van der Waals surface area contributed by atoms with Crippen LogP contribution >= 0.6 is 0 Å². The number of rotatable bonds is 1. The van der Waals surface area contributed by atoms with Crippen molar-refractivity contribution < 1.29 is 10.2 Å². The van der Waals surface area contributed by atoms with Gasteiger partial charge in [-0.3, -0.25) is 16.1 Å². The molecule has 0 atom stereocenters. The molecule has 0 saturated carbocycles. The molecule has 0 aliphatic rings. The zero-order valence-electron chi connectivity index (χ0n) is 8.65. The number of nitrogens with one attached hydrogen (secondary N) is 3. The molecule has 0 aliphatic heterocycles. The lowest BCUT2D eigenvalue weighted by Gasteiger charge is -2.21. The van der Waals surface area contributed by atoms with E-state index in [9.17, 15) is 10.2 Å². The highest BCUT2D eigenvalue weighted by Crippen LogP contribution is 2.34. The van der Waals surface area contributed by atoms with Gasteiger partial charge in [0.15, 0.2) is 17.5 Å². The lowest BCUT2D eigenvalue weighted by Crippen LogP contribution is -2.44. The minimum Gasteiger partial charge on any atom is -0.504 e. The number of nitrogens with two attached hydrogens (primary N) is 1. The van der Waals surface area contributed by atoms with Crippen molar-refractivity contribution in [1.29, 1.82) is 10.8 Å². The minimum atomic E-state index is -0.378. The maximum absolute atomic E-state index is 9.55. The maximum atomic E-state index is 9.55. The average molecular weight is 223 g/mol. The smallest absolute Gasteiger partial charge is 0.202 e. The van der Waals surface area contributed by atoms with Crippen LogP contribution in [0.25, 0.3) is 0 Å². The summed E-state index contributed by atoms with van der Waals surface area (Å²) in [6, 6.07) is 4.38. The van der Waals surface area contributed by atoms with Gasteiger partial charge in [0, 0.05) is 7.05 Å². The average Bonchev–Trinajstić information content (AvgIpc) is 2.20. The molecule has 86 valence electrons. The van der Waals surface area contributed by atoms with Gasteiger partial charge in [-0.2, -0.15) is 0 Å². The van der Waals surface area contributed by atoms with Crippen molar-refractivity contribution in [1.82, 2.24) is 5.32 Å².